The molecule has 0 aromatic rings. The first kappa shape index (κ1) is 15.5. The Kier molecular flexibility index (Phi) is 8.81. The number of nitrogens with zero attached hydrogens (tertiary/aromatic N) is 1. The van der Waals surface area contributed by atoms with Gasteiger partial charge in [-0.3, -0.25) is 4.79 Å². The third kappa shape index (κ3) is 7.37. The molecular formula is C13H16ClNO2. The number of carbonyl (C=O) groups excluding carboxylic acids is 1. The normalized spacial score (nSPS) is 14.4. The van der Waals surface area contributed by atoms with Crippen molar-refractivity contribution < 1.29 is 9.53 Å². The summed E-state index contributed by atoms with van der Waals surface area (Å²) in [5.41, 5.74) is 0. The van der Waals surface area contributed by atoms with Crippen molar-refractivity contribution in [2.45, 2.75) is 19.4 Å². The second-order valence-electron chi connectivity index (χ2n) is 3.39. The van der Waals surface area contributed by atoms with Crippen LogP contribution in [-0.2, 0) is 9.53 Å². The van der Waals surface area contributed by atoms with E-state index >= 15 is 0 Å². The summed E-state index contributed by atoms with van der Waals surface area (Å²) in [6.45, 7) is 5.46. The van der Waals surface area contributed by atoms with E-state index in [9.17, 15) is 4.79 Å². The van der Waals surface area contributed by atoms with E-state index in [0.29, 0.717) is 6.42 Å². The molecule has 0 N–H and O–H groups in total. The molecule has 0 radical (unpaired) electrons. The fourth-order valence-corrected chi connectivity index (χ4v) is 1.31. The zero-order valence-corrected chi connectivity index (χ0v) is 10.6. The molecule has 0 amide bonds. The first-order chi connectivity index (χ1) is 8.15. The van der Waals surface area contributed by atoms with Gasteiger partial charge in [-0.25, -0.2) is 0 Å². The molecule has 0 bridgehead atoms. The smallest absolute Gasteiger partial charge is 0.321 e. The zero-order valence-electron chi connectivity index (χ0n) is 9.80. The van der Waals surface area contributed by atoms with Crippen LogP contribution in [-0.4, -0.2) is 18.0 Å². The molecule has 0 rings (SSSR count). The highest BCUT2D eigenvalue weighted by atomic mass is 35.5. The van der Waals surface area contributed by atoms with Crippen molar-refractivity contribution in [2.75, 3.05) is 5.88 Å². The molecule has 4 heteroatoms. The van der Waals surface area contributed by atoms with E-state index in [1.165, 1.54) is 6.08 Å². The van der Waals surface area contributed by atoms with Crippen LogP contribution in [0.4, 0.5) is 0 Å². The minimum atomic E-state index is -0.436. The molecule has 0 spiro atoms. The maximum absolute atomic E-state index is 11.0. The van der Waals surface area contributed by atoms with Gasteiger partial charge in [0.1, 0.15) is 12.0 Å². The summed E-state index contributed by atoms with van der Waals surface area (Å²) in [4.78, 5) is 11.0. The van der Waals surface area contributed by atoms with Gasteiger partial charge < -0.3 is 4.74 Å². The lowest BCUT2D eigenvalue weighted by atomic mass is 9.99. The Morgan fingerprint density at radius 1 is 1.59 bits per heavy atom. The minimum absolute atomic E-state index is 0.0306. The number of rotatable bonds is 7. The van der Waals surface area contributed by atoms with Crippen LogP contribution in [0.25, 0.3) is 0 Å². The fraction of sp³-hybridized carbons (Fsp3) is 0.385. The van der Waals surface area contributed by atoms with Gasteiger partial charge in [-0.15, -0.1) is 18.2 Å². The van der Waals surface area contributed by atoms with E-state index < -0.39 is 5.97 Å². The van der Waals surface area contributed by atoms with Crippen molar-refractivity contribution in [3.63, 3.8) is 0 Å². The number of esters is 1. The number of nitriles is 1. The first-order valence-corrected chi connectivity index (χ1v) is 5.78. The molecule has 17 heavy (non-hydrogen) atoms. The summed E-state index contributed by atoms with van der Waals surface area (Å²) < 4.78 is 5.11. The maximum atomic E-state index is 11.0. The van der Waals surface area contributed by atoms with Crippen LogP contribution in [0.3, 0.4) is 0 Å². The van der Waals surface area contributed by atoms with Crippen LogP contribution in [0.5, 0.6) is 0 Å². The van der Waals surface area contributed by atoms with Gasteiger partial charge in [0.2, 0.25) is 0 Å². The van der Waals surface area contributed by atoms with E-state index in [1.807, 2.05) is 12.1 Å². The van der Waals surface area contributed by atoms with Crippen molar-refractivity contribution in [2.24, 2.45) is 5.92 Å². The van der Waals surface area contributed by atoms with Gasteiger partial charge in [0, 0.05) is 12.0 Å². The predicted octanol–water partition coefficient (Wildman–Crippen LogP) is 2.99. The van der Waals surface area contributed by atoms with Gasteiger partial charge >= 0.3 is 5.97 Å². The molecule has 0 aliphatic rings. The van der Waals surface area contributed by atoms with Crippen LogP contribution in [0.15, 0.2) is 37.0 Å². The molecule has 0 saturated heterocycles. The Bertz CT molecular complexity index is 342. The summed E-state index contributed by atoms with van der Waals surface area (Å²) in [5.74, 6) is -0.555. The zero-order chi connectivity index (χ0) is 13.1. The second-order valence-corrected chi connectivity index (χ2v) is 3.66. The number of carbonyl (C=O) groups is 1. The summed E-state index contributed by atoms with van der Waals surface area (Å²) in [6, 6.07) is 1.89. The molecule has 2 atom stereocenters. The van der Waals surface area contributed by atoms with Gasteiger partial charge in [0.25, 0.3) is 0 Å². The third-order valence-electron chi connectivity index (χ3n) is 2.11. The molecule has 0 aliphatic heterocycles. The topological polar surface area (TPSA) is 50.1 Å². The van der Waals surface area contributed by atoms with E-state index in [1.54, 1.807) is 25.2 Å². The largest absolute Gasteiger partial charge is 0.461 e. The summed E-state index contributed by atoms with van der Waals surface area (Å²) in [6.07, 6.45) is 8.81. The number of alkyl halides is 1. The average Bonchev–Trinajstić information content (AvgIpc) is 2.32. The van der Waals surface area contributed by atoms with E-state index in [2.05, 4.69) is 6.58 Å². The van der Waals surface area contributed by atoms with Crippen LogP contribution >= 0.6 is 11.6 Å². The van der Waals surface area contributed by atoms with Crippen LogP contribution in [0.2, 0.25) is 0 Å². The van der Waals surface area contributed by atoms with Gasteiger partial charge in [-0.1, -0.05) is 24.3 Å². The van der Waals surface area contributed by atoms with Crippen molar-refractivity contribution in [3.05, 3.63) is 37.0 Å². The van der Waals surface area contributed by atoms with Gasteiger partial charge in [-0.05, 0) is 13.3 Å². The Morgan fingerprint density at radius 3 is 2.82 bits per heavy atom. The molecule has 0 heterocycles. The first-order valence-electron chi connectivity index (χ1n) is 5.25. The predicted molar refractivity (Wildman–Crippen MR) is 68.5 cm³/mol. The Hall–Kier alpha value is -1.53. The lowest BCUT2D eigenvalue weighted by Crippen LogP contribution is -2.23. The lowest BCUT2D eigenvalue weighted by molar-refractivity contribution is -0.146. The molecule has 0 aliphatic carbocycles. The van der Waals surface area contributed by atoms with E-state index in [-0.39, 0.29) is 17.9 Å². The van der Waals surface area contributed by atoms with E-state index in [4.69, 9.17) is 21.6 Å². The Labute approximate surface area is 107 Å². The number of hydrogen-bond donors (Lipinski definition) is 0. The van der Waals surface area contributed by atoms with Crippen molar-refractivity contribution in [1.29, 1.82) is 5.26 Å². The summed E-state index contributed by atoms with van der Waals surface area (Å²) >= 11 is 5.36. The molecule has 0 saturated carbocycles. The Balaban J connectivity index is 4.45. The molecule has 0 fully saturated rings. The minimum Gasteiger partial charge on any atom is -0.461 e. The SMILES string of the molecule is C=CC[C@@H](/C=C/C=C/C#N)[C@H](C)OC(=O)CCl. The molecule has 92 valence electrons. The highest BCUT2D eigenvalue weighted by Crippen LogP contribution is 2.15. The highest BCUT2D eigenvalue weighted by Gasteiger charge is 2.16. The van der Waals surface area contributed by atoms with Crippen LogP contribution in [0, 0.1) is 17.2 Å². The van der Waals surface area contributed by atoms with Crippen molar-refractivity contribution >= 4 is 17.6 Å². The lowest BCUT2D eigenvalue weighted by Gasteiger charge is -2.19. The van der Waals surface area contributed by atoms with E-state index in [0.717, 1.165) is 0 Å². The number of ether oxygens (including phenoxy) is 1. The van der Waals surface area contributed by atoms with Gasteiger partial charge in [0.15, 0.2) is 0 Å². The average molecular weight is 254 g/mol. The van der Waals surface area contributed by atoms with Crippen LogP contribution < -0.4 is 0 Å². The second kappa shape index (κ2) is 9.68. The summed E-state index contributed by atoms with van der Waals surface area (Å²) in [7, 11) is 0. The van der Waals surface area contributed by atoms with Gasteiger partial charge in [0.05, 0.1) is 6.07 Å². The Morgan fingerprint density at radius 2 is 2.29 bits per heavy atom. The summed E-state index contributed by atoms with van der Waals surface area (Å²) in [5, 5.41) is 8.32. The van der Waals surface area contributed by atoms with Crippen molar-refractivity contribution in [3.8, 4) is 6.07 Å². The maximum Gasteiger partial charge on any atom is 0.321 e. The highest BCUT2D eigenvalue weighted by molar-refractivity contribution is 6.26. The number of hydrogen-bond acceptors (Lipinski definition) is 3. The number of allylic oxidation sites excluding steroid dienone is 4. The standard InChI is InChI=1S/C13H16ClNO2/c1-3-7-12(8-5-4-6-9-15)11(2)17-13(16)10-14/h3-6,8,11-12H,1,7,10H2,2H3/b6-4+,8-5+/t11-,12-/m0/s1. The molecular weight excluding hydrogens is 238 g/mol. The van der Waals surface area contributed by atoms with Gasteiger partial charge in [-0.2, -0.15) is 5.26 Å². The molecule has 0 aromatic carbocycles. The van der Waals surface area contributed by atoms with Crippen LogP contribution in [0.1, 0.15) is 13.3 Å². The quantitative estimate of drug-likeness (QED) is 0.230. The fourth-order valence-electron chi connectivity index (χ4n) is 1.25. The number of halogens is 1. The molecule has 0 unspecified atom stereocenters. The monoisotopic (exact) mass is 253 g/mol. The molecule has 0 aromatic heterocycles. The molecule has 3 nitrogen and oxygen atoms in total. The van der Waals surface area contributed by atoms with Crippen molar-refractivity contribution in [1.82, 2.24) is 0 Å². The third-order valence-corrected chi connectivity index (χ3v) is 2.33.